The fourth-order valence-electron chi connectivity index (χ4n) is 2.49. The summed E-state index contributed by atoms with van der Waals surface area (Å²) in [5.74, 6) is 1.07. The van der Waals surface area contributed by atoms with Crippen molar-refractivity contribution in [2.75, 3.05) is 13.7 Å². The number of likely N-dealkylation sites (N-methyl/N-ethyl adjacent to an activating group) is 1. The van der Waals surface area contributed by atoms with Gasteiger partial charge in [0.15, 0.2) is 6.61 Å². The van der Waals surface area contributed by atoms with E-state index in [1.165, 1.54) is 0 Å². The minimum atomic E-state index is -0.0637. The summed E-state index contributed by atoms with van der Waals surface area (Å²) in [4.78, 5) is 14.0. The predicted molar refractivity (Wildman–Crippen MR) is 98.7 cm³/mol. The normalized spacial score (nSPS) is 10.8. The zero-order chi connectivity index (χ0) is 17.7. The Bertz CT molecular complexity index is 713. The second-order valence-corrected chi connectivity index (χ2v) is 6.80. The molecule has 0 aliphatic rings. The molecule has 4 heteroatoms. The van der Waals surface area contributed by atoms with Crippen molar-refractivity contribution in [1.29, 1.82) is 0 Å². The number of halogens is 1. The molecule has 0 heterocycles. The standard InChI is InChI=1S/C20H24ClNO2/c1-14(2)18-9-8-15(3)10-19(18)24-13-20(23)22(4)12-16-6-5-7-17(21)11-16/h5-11,14H,12-13H2,1-4H3. The quantitative estimate of drug-likeness (QED) is 0.752. The molecule has 0 aliphatic heterocycles. The van der Waals surface area contributed by atoms with Gasteiger partial charge in [0.05, 0.1) is 0 Å². The van der Waals surface area contributed by atoms with Crippen LogP contribution >= 0.6 is 11.6 Å². The molecule has 0 spiro atoms. The van der Waals surface area contributed by atoms with Crippen molar-refractivity contribution in [3.05, 3.63) is 64.2 Å². The number of rotatable bonds is 6. The van der Waals surface area contributed by atoms with E-state index in [-0.39, 0.29) is 12.5 Å². The molecule has 0 saturated heterocycles. The molecule has 1 amide bonds. The lowest BCUT2D eigenvalue weighted by atomic mass is 10.0. The van der Waals surface area contributed by atoms with E-state index in [2.05, 4.69) is 26.0 Å². The zero-order valence-corrected chi connectivity index (χ0v) is 15.4. The minimum absolute atomic E-state index is 0.0280. The maximum Gasteiger partial charge on any atom is 0.260 e. The number of amides is 1. The lowest BCUT2D eigenvalue weighted by molar-refractivity contribution is -0.132. The third-order valence-corrected chi connectivity index (χ3v) is 4.11. The van der Waals surface area contributed by atoms with Crippen molar-refractivity contribution in [3.8, 4) is 5.75 Å². The predicted octanol–water partition coefficient (Wildman–Crippen LogP) is 4.81. The molecule has 0 bridgehead atoms. The summed E-state index contributed by atoms with van der Waals surface area (Å²) in [6.45, 7) is 6.78. The third-order valence-electron chi connectivity index (χ3n) is 3.88. The third kappa shape index (κ3) is 5.00. The summed E-state index contributed by atoms with van der Waals surface area (Å²) < 4.78 is 5.81. The van der Waals surface area contributed by atoms with Gasteiger partial charge >= 0.3 is 0 Å². The number of carbonyl (C=O) groups excluding carboxylic acids is 1. The fourth-order valence-corrected chi connectivity index (χ4v) is 2.70. The van der Waals surface area contributed by atoms with Gasteiger partial charge in [-0.15, -0.1) is 0 Å². The van der Waals surface area contributed by atoms with Crippen molar-refractivity contribution < 1.29 is 9.53 Å². The number of carbonyl (C=O) groups is 1. The minimum Gasteiger partial charge on any atom is -0.483 e. The molecule has 0 saturated carbocycles. The molecule has 0 radical (unpaired) electrons. The highest BCUT2D eigenvalue weighted by Gasteiger charge is 2.13. The fraction of sp³-hybridized carbons (Fsp3) is 0.350. The molecule has 0 unspecified atom stereocenters. The molecular weight excluding hydrogens is 322 g/mol. The van der Waals surface area contributed by atoms with E-state index in [1.807, 2.05) is 37.3 Å². The summed E-state index contributed by atoms with van der Waals surface area (Å²) in [5, 5.41) is 0.672. The molecule has 0 N–H and O–H groups in total. The van der Waals surface area contributed by atoms with Crippen LogP contribution in [0.15, 0.2) is 42.5 Å². The maximum atomic E-state index is 12.3. The highest BCUT2D eigenvalue weighted by molar-refractivity contribution is 6.30. The smallest absolute Gasteiger partial charge is 0.260 e. The SMILES string of the molecule is Cc1ccc(C(C)C)c(OCC(=O)N(C)Cc2cccc(Cl)c2)c1. The lowest BCUT2D eigenvalue weighted by Crippen LogP contribution is -2.31. The van der Waals surface area contributed by atoms with Gasteiger partial charge in [-0.2, -0.15) is 0 Å². The largest absolute Gasteiger partial charge is 0.483 e. The Morgan fingerprint density at radius 1 is 1.21 bits per heavy atom. The Labute approximate surface area is 149 Å². The van der Waals surface area contributed by atoms with Crippen molar-refractivity contribution >= 4 is 17.5 Å². The number of ether oxygens (including phenoxy) is 1. The van der Waals surface area contributed by atoms with Crippen LogP contribution in [-0.4, -0.2) is 24.5 Å². The van der Waals surface area contributed by atoms with E-state index >= 15 is 0 Å². The first-order valence-corrected chi connectivity index (χ1v) is 8.46. The van der Waals surface area contributed by atoms with Gasteiger partial charge in [0.2, 0.25) is 0 Å². The molecule has 2 aromatic carbocycles. The summed E-state index contributed by atoms with van der Waals surface area (Å²) in [6, 6.07) is 13.6. The molecule has 2 rings (SSSR count). The highest BCUT2D eigenvalue weighted by atomic mass is 35.5. The highest BCUT2D eigenvalue weighted by Crippen LogP contribution is 2.27. The Morgan fingerprint density at radius 2 is 1.96 bits per heavy atom. The Morgan fingerprint density at radius 3 is 2.62 bits per heavy atom. The number of hydrogen-bond donors (Lipinski definition) is 0. The van der Waals surface area contributed by atoms with Gasteiger partial charge in [0.1, 0.15) is 5.75 Å². The van der Waals surface area contributed by atoms with E-state index < -0.39 is 0 Å². The maximum absolute atomic E-state index is 12.3. The molecule has 0 aliphatic carbocycles. The number of benzene rings is 2. The number of hydrogen-bond acceptors (Lipinski definition) is 2. The van der Waals surface area contributed by atoms with Crippen LogP contribution < -0.4 is 4.74 Å². The second-order valence-electron chi connectivity index (χ2n) is 6.36. The van der Waals surface area contributed by atoms with Crippen LogP contribution in [0.3, 0.4) is 0 Å². The van der Waals surface area contributed by atoms with Crippen LogP contribution in [0.4, 0.5) is 0 Å². The molecule has 24 heavy (non-hydrogen) atoms. The lowest BCUT2D eigenvalue weighted by Gasteiger charge is -2.19. The van der Waals surface area contributed by atoms with E-state index in [4.69, 9.17) is 16.3 Å². The monoisotopic (exact) mass is 345 g/mol. The van der Waals surface area contributed by atoms with Crippen molar-refractivity contribution in [3.63, 3.8) is 0 Å². The van der Waals surface area contributed by atoms with Gasteiger partial charge < -0.3 is 9.64 Å². The van der Waals surface area contributed by atoms with Crippen molar-refractivity contribution in [2.45, 2.75) is 33.2 Å². The molecule has 2 aromatic rings. The molecular formula is C20H24ClNO2. The van der Waals surface area contributed by atoms with Crippen LogP contribution in [0.25, 0.3) is 0 Å². The molecule has 128 valence electrons. The van der Waals surface area contributed by atoms with E-state index in [0.29, 0.717) is 17.5 Å². The first-order valence-electron chi connectivity index (χ1n) is 8.08. The van der Waals surface area contributed by atoms with Crippen LogP contribution in [0.5, 0.6) is 5.75 Å². The average molecular weight is 346 g/mol. The average Bonchev–Trinajstić information content (AvgIpc) is 2.52. The number of aryl methyl sites for hydroxylation is 1. The first-order chi connectivity index (χ1) is 11.4. The zero-order valence-electron chi connectivity index (χ0n) is 14.7. The van der Waals surface area contributed by atoms with Gasteiger partial charge in [-0.1, -0.05) is 49.7 Å². The number of nitrogens with zero attached hydrogens (tertiary/aromatic N) is 1. The summed E-state index contributed by atoms with van der Waals surface area (Å²) >= 11 is 5.98. The molecule has 0 aromatic heterocycles. The second kappa shape index (κ2) is 8.20. The van der Waals surface area contributed by atoms with Gasteiger partial charge in [0, 0.05) is 18.6 Å². The molecule has 3 nitrogen and oxygen atoms in total. The van der Waals surface area contributed by atoms with Gasteiger partial charge in [0.25, 0.3) is 5.91 Å². The first kappa shape index (κ1) is 18.3. The Kier molecular flexibility index (Phi) is 6.27. The van der Waals surface area contributed by atoms with Crippen molar-refractivity contribution in [1.82, 2.24) is 4.90 Å². The van der Waals surface area contributed by atoms with Crippen LogP contribution in [0, 0.1) is 6.92 Å². The van der Waals surface area contributed by atoms with E-state index in [9.17, 15) is 4.79 Å². The van der Waals surface area contributed by atoms with Crippen LogP contribution in [0.2, 0.25) is 5.02 Å². The van der Waals surface area contributed by atoms with Gasteiger partial charge in [-0.05, 0) is 47.7 Å². The van der Waals surface area contributed by atoms with Gasteiger partial charge in [-0.3, -0.25) is 4.79 Å². The summed E-state index contributed by atoms with van der Waals surface area (Å²) in [6.07, 6.45) is 0. The topological polar surface area (TPSA) is 29.5 Å². The van der Waals surface area contributed by atoms with E-state index in [1.54, 1.807) is 11.9 Å². The summed E-state index contributed by atoms with van der Waals surface area (Å²) in [5.41, 5.74) is 3.23. The Balaban J connectivity index is 1.99. The molecule has 0 fully saturated rings. The van der Waals surface area contributed by atoms with Crippen LogP contribution in [-0.2, 0) is 11.3 Å². The van der Waals surface area contributed by atoms with E-state index in [0.717, 1.165) is 22.4 Å². The van der Waals surface area contributed by atoms with Crippen LogP contribution in [0.1, 0.15) is 36.5 Å². The Hall–Kier alpha value is -2.00. The van der Waals surface area contributed by atoms with Gasteiger partial charge in [-0.25, -0.2) is 0 Å². The molecule has 0 atom stereocenters. The summed E-state index contributed by atoms with van der Waals surface area (Å²) in [7, 11) is 1.77. The van der Waals surface area contributed by atoms with Crippen molar-refractivity contribution in [2.24, 2.45) is 0 Å².